The molecule has 0 N–H and O–H groups in total. The van der Waals surface area contributed by atoms with E-state index < -0.39 is 50.7 Å². The maximum absolute atomic E-state index is 11.6. The Hall–Kier alpha value is -0.980. The highest BCUT2D eigenvalue weighted by Crippen LogP contribution is 2.05. The first-order valence-electron chi connectivity index (χ1n) is 4.30. The molecule has 112 valence electrons. The van der Waals surface area contributed by atoms with E-state index in [1.807, 2.05) is 0 Å². The first-order valence-corrected chi connectivity index (χ1v) is 7.46. The quantitative estimate of drug-likeness (QED) is 0.491. The third-order valence-corrected chi connectivity index (χ3v) is 4.56. The van der Waals surface area contributed by atoms with Gasteiger partial charge in [0, 0.05) is 12.2 Å². The maximum atomic E-state index is 11.6. The first-order chi connectivity index (χ1) is 8.54. The van der Waals surface area contributed by atoms with E-state index in [9.17, 15) is 34.4 Å². The van der Waals surface area contributed by atoms with Crippen molar-refractivity contribution in [2.75, 3.05) is 18.3 Å². The van der Waals surface area contributed by atoms with Gasteiger partial charge in [-0.15, -0.1) is 0 Å². The van der Waals surface area contributed by atoms with Crippen LogP contribution in [0.25, 0.3) is 0 Å². The second-order valence-corrected chi connectivity index (χ2v) is 6.43. The summed E-state index contributed by atoms with van der Waals surface area (Å²) >= 11 is 0. The Bertz CT molecular complexity index is 492. The van der Waals surface area contributed by atoms with E-state index in [0.29, 0.717) is 0 Å². The summed E-state index contributed by atoms with van der Waals surface area (Å²) in [5.41, 5.74) is 0. The summed E-state index contributed by atoms with van der Waals surface area (Å²) in [6, 6.07) is 0. The molecule has 0 aromatic rings. The Morgan fingerprint density at radius 1 is 0.789 bits per heavy atom. The summed E-state index contributed by atoms with van der Waals surface area (Å²) in [7, 11) is -9.37. The molecule has 0 aliphatic rings. The molecule has 0 aromatic heterocycles. The summed E-state index contributed by atoms with van der Waals surface area (Å²) in [6.45, 7) is -2.11. The summed E-state index contributed by atoms with van der Waals surface area (Å²) in [4.78, 5) is 0. The molecule has 0 radical (unpaired) electrons. The molecule has 0 saturated carbocycles. The van der Waals surface area contributed by atoms with Crippen LogP contribution in [0.4, 0.5) is 17.6 Å². The second-order valence-electron chi connectivity index (χ2n) is 2.79. The molecule has 0 aromatic carbocycles. The Morgan fingerprint density at radius 2 is 1.11 bits per heavy atom. The lowest BCUT2D eigenvalue weighted by atomic mass is 10.7. The van der Waals surface area contributed by atoms with E-state index >= 15 is 0 Å². The van der Waals surface area contributed by atoms with Gasteiger partial charge >= 0.3 is 0 Å². The number of halogens is 4. The first kappa shape index (κ1) is 18.0. The van der Waals surface area contributed by atoms with Crippen LogP contribution in [0.1, 0.15) is 0 Å². The molecule has 0 rings (SSSR count). The fourth-order valence-corrected chi connectivity index (χ4v) is 3.16. The summed E-state index contributed by atoms with van der Waals surface area (Å²) in [5, 5.41) is -1.68. The van der Waals surface area contributed by atoms with E-state index in [4.69, 9.17) is 0 Å². The van der Waals surface area contributed by atoms with Gasteiger partial charge in [-0.2, -0.15) is 34.4 Å². The predicted octanol–water partition coefficient (Wildman–Crippen LogP) is 1.20. The Labute approximate surface area is 106 Å². The molecule has 0 saturated heterocycles. The molecule has 6 nitrogen and oxygen atoms in total. The topological polar surface area (TPSA) is 86.7 Å². The molecule has 19 heavy (non-hydrogen) atoms. The molecule has 0 unspecified atom stereocenters. The molecule has 0 bridgehead atoms. The van der Waals surface area contributed by atoms with Crippen LogP contribution in [0.15, 0.2) is 24.3 Å². The number of hydrogen-bond donors (Lipinski definition) is 0. The van der Waals surface area contributed by atoms with Gasteiger partial charge in [-0.05, 0) is 0 Å². The fraction of sp³-hybridized carbons (Fsp3) is 0.429. The molecule has 0 amide bonds. The molecule has 0 heterocycles. The normalized spacial score (nSPS) is 12.0. The standard InChI is InChI=1S/C7H8F4O6S2/c8-6(9)1-3-16-18(12,13)5-19(14,15)17-4-2-7(10)11/h1-2H,3-5H2. The average Bonchev–Trinajstić information content (AvgIpc) is 2.12. The smallest absolute Gasteiger partial charge is 0.265 e. The minimum atomic E-state index is -4.68. The van der Waals surface area contributed by atoms with E-state index in [0.717, 1.165) is 0 Å². The molecule has 0 spiro atoms. The Morgan fingerprint density at radius 3 is 1.37 bits per heavy atom. The fourth-order valence-electron chi connectivity index (χ4n) is 0.646. The van der Waals surface area contributed by atoms with Crippen LogP contribution in [-0.4, -0.2) is 35.1 Å². The van der Waals surface area contributed by atoms with Crippen molar-refractivity contribution >= 4 is 20.2 Å². The predicted molar refractivity (Wildman–Crippen MR) is 55.2 cm³/mol. The van der Waals surface area contributed by atoms with Gasteiger partial charge in [0.15, 0.2) is 0 Å². The van der Waals surface area contributed by atoms with E-state index in [1.54, 1.807) is 0 Å². The number of hydrogen-bond acceptors (Lipinski definition) is 6. The SMILES string of the molecule is O=S(=O)(CS(=O)(=O)OCC=C(F)F)OCC=C(F)F. The lowest BCUT2D eigenvalue weighted by molar-refractivity contribution is 0.335. The molecule has 0 atom stereocenters. The van der Waals surface area contributed by atoms with Crippen LogP contribution in [-0.2, 0) is 28.6 Å². The third-order valence-electron chi connectivity index (χ3n) is 1.26. The van der Waals surface area contributed by atoms with Crippen LogP contribution in [0.5, 0.6) is 0 Å². The van der Waals surface area contributed by atoms with Gasteiger partial charge in [0.2, 0.25) is 5.08 Å². The van der Waals surface area contributed by atoms with Crippen molar-refractivity contribution in [3.05, 3.63) is 24.3 Å². The Balaban J connectivity index is 4.48. The minimum absolute atomic E-state index is 0.103. The number of rotatable bonds is 8. The van der Waals surface area contributed by atoms with Gasteiger partial charge in [0.05, 0.1) is 13.2 Å². The van der Waals surface area contributed by atoms with Gasteiger partial charge in [-0.1, -0.05) is 0 Å². The van der Waals surface area contributed by atoms with Crippen LogP contribution >= 0.6 is 0 Å². The van der Waals surface area contributed by atoms with Gasteiger partial charge in [0.1, 0.15) is 0 Å². The molecule has 0 aliphatic heterocycles. The van der Waals surface area contributed by atoms with Gasteiger partial charge in [-0.25, -0.2) is 0 Å². The van der Waals surface area contributed by atoms with E-state index in [-0.39, 0.29) is 12.2 Å². The Kier molecular flexibility index (Phi) is 7.18. The van der Waals surface area contributed by atoms with Gasteiger partial charge in [0.25, 0.3) is 32.4 Å². The summed E-state index contributed by atoms with van der Waals surface area (Å²) < 4.78 is 98.0. The third kappa shape index (κ3) is 10.6. The zero-order valence-electron chi connectivity index (χ0n) is 9.05. The zero-order valence-corrected chi connectivity index (χ0v) is 10.7. The van der Waals surface area contributed by atoms with Crippen molar-refractivity contribution in [3.63, 3.8) is 0 Å². The monoisotopic (exact) mass is 328 g/mol. The van der Waals surface area contributed by atoms with E-state index in [1.165, 1.54) is 0 Å². The van der Waals surface area contributed by atoms with Crippen molar-refractivity contribution in [1.29, 1.82) is 0 Å². The average molecular weight is 328 g/mol. The highest BCUT2D eigenvalue weighted by Gasteiger charge is 2.23. The van der Waals surface area contributed by atoms with Crippen molar-refractivity contribution in [2.24, 2.45) is 0 Å². The van der Waals surface area contributed by atoms with Crippen LogP contribution < -0.4 is 0 Å². The molecule has 12 heteroatoms. The highest BCUT2D eigenvalue weighted by molar-refractivity contribution is 8.03. The molecular formula is C7H8F4O6S2. The van der Waals surface area contributed by atoms with Crippen molar-refractivity contribution < 1.29 is 42.8 Å². The van der Waals surface area contributed by atoms with Gasteiger partial charge < -0.3 is 0 Å². The van der Waals surface area contributed by atoms with Crippen molar-refractivity contribution in [1.82, 2.24) is 0 Å². The lowest BCUT2D eigenvalue weighted by Crippen LogP contribution is -2.21. The van der Waals surface area contributed by atoms with Crippen LogP contribution in [0.2, 0.25) is 0 Å². The largest absolute Gasteiger partial charge is 0.284 e. The minimum Gasteiger partial charge on any atom is -0.265 e. The van der Waals surface area contributed by atoms with Crippen LogP contribution in [0, 0.1) is 0 Å². The molecular weight excluding hydrogens is 320 g/mol. The lowest BCUT2D eigenvalue weighted by Gasteiger charge is -2.04. The van der Waals surface area contributed by atoms with Gasteiger partial charge in [-0.3, -0.25) is 8.37 Å². The zero-order chi connectivity index (χ0) is 15.1. The van der Waals surface area contributed by atoms with Crippen molar-refractivity contribution in [2.45, 2.75) is 0 Å². The summed E-state index contributed by atoms with van der Waals surface area (Å²) in [5.74, 6) is 0. The molecule has 0 fully saturated rings. The maximum Gasteiger partial charge on any atom is 0.284 e. The summed E-state index contributed by atoms with van der Waals surface area (Å²) in [6.07, 6.45) is -4.21. The van der Waals surface area contributed by atoms with Crippen molar-refractivity contribution in [3.8, 4) is 0 Å². The highest BCUT2D eigenvalue weighted by atomic mass is 32.3. The van der Waals surface area contributed by atoms with Crippen LogP contribution in [0.3, 0.4) is 0 Å². The molecule has 0 aliphatic carbocycles. The second kappa shape index (κ2) is 7.57. The van der Waals surface area contributed by atoms with E-state index in [2.05, 4.69) is 8.37 Å².